The largest absolute Gasteiger partial charge is 0.434 e. The van der Waals surface area contributed by atoms with E-state index in [0.717, 1.165) is 6.20 Å². The van der Waals surface area contributed by atoms with Gasteiger partial charge < -0.3 is 9.72 Å². The third-order valence-electron chi connectivity index (χ3n) is 3.20. The van der Waals surface area contributed by atoms with Crippen LogP contribution in [0, 0.1) is 0 Å². The molecule has 0 radical (unpaired) electrons. The van der Waals surface area contributed by atoms with E-state index in [1.807, 2.05) is 0 Å². The fraction of sp³-hybridized carbons (Fsp3) is 0.0667. The SMILES string of the molecule is O=C(Nc1cccn2cc(C(F)(F)F)nc12)c1ccc(Cl)cc1Cl. The van der Waals surface area contributed by atoms with E-state index in [-0.39, 0.29) is 21.9 Å². The summed E-state index contributed by atoms with van der Waals surface area (Å²) >= 11 is 11.7. The van der Waals surface area contributed by atoms with E-state index in [4.69, 9.17) is 23.2 Å². The Morgan fingerprint density at radius 3 is 2.62 bits per heavy atom. The molecule has 0 aliphatic rings. The van der Waals surface area contributed by atoms with E-state index in [9.17, 15) is 18.0 Å². The normalized spacial score (nSPS) is 11.7. The van der Waals surface area contributed by atoms with E-state index in [1.54, 1.807) is 0 Å². The lowest BCUT2D eigenvalue weighted by atomic mass is 10.2. The highest BCUT2D eigenvalue weighted by molar-refractivity contribution is 6.37. The second-order valence-corrected chi connectivity index (χ2v) is 5.70. The molecule has 0 fully saturated rings. The van der Waals surface area contributed by atoms with Crippen molar-refractivity contribution in [3.63, 3.8) is 0 Å². The highest BCUT2D eigenvalue weighted by atomic mass is 35.5. The molecule has 124 valence electrons. The lowest BCUT2D eigenvalue weighted by molar-refractivity contribution is -0.140. The minimum Gasteiger partial charge on any atom is -0.319 e. The zero-order valence-corrected chi connectivity index (χ0v) is 13.2. The molecular weight excluding hydrogens is 366 g/mol. The number of rotatable bonds is 2. The minimum atomic E-state index is -4.58. The van der Waals surface area contributed by atoms with Gasteiger partial charge in [-0.2, -0.15) is 13.2 Å². The minimum absolute atomic E-state index is 0.0248. The van der Waals surface area contributed by atoms with Crippen molar-refractivity contribution in [2.75, 3.05) is 5.32 Å². The third-order valence-corrected chi connectivity index (χ3v) is 3.74. The van der Waals surface area contributed by atoms with Crippen molar-refractivity contribution in [2.45, 2.75) is 6.18 Å². The lowest BCUT2D eigenvalue weighted by Gasteiger charge is -2.08. The maximum atomic E-state index is 12.8. The Kier molecular flexibility index (Phi) is 4.15. The molecule has 3 aromatic rings. The summed E-state index contributed by atoms with van der Waals surface area (Å²) in [6, 6.07) is 7.25. The van der Waals surface area contributed by atoms with Gasteiger partial charge in [0.25, 0.3) is 5.91 Å². The molecular formula is C15H8Cl2F3N3O. The van der Waals surface area contributed by atoms with Crippen molar-refractivity contribution in [3.8, 4) is 0 Å². The first-order valence-electron chi connectivity index (χ1n) is 6.57. The van der Waals surface area contributed by atoms with Crippen LogP contribution in [0.15, 0.2) is 42.7 Å². The van der Waals surface area contributed by atoms with Crippen LogP contribution in [0.4, 0.5) is 18.9 Å². The van der Waals surface area contributed by atoms with Gasteiger partial charge in [-0.1, -0.05) is 23.2 Å². The molecule has 2 heterocycles. The van der Waals surface area contributed by atoms with E-state index in [1.165, 1.54) is 40.9 Å². The molecule has 4 nitrogen and oxygen atoms in total. The van der Waals surface area contributed by atoms with Gasteiger partial charge in [0.05, 0.1) is 16.3 Å². The molecule has 0 saturated heterocycles. The summed E-state index contributed by atoms with van der Waals surface area (Å²) in [7, 11) is 0. The van der Waals surface area contributed by atoms with Crippen molar-refractivity contribution in [1.29, 1.82) is 0 Å². The Morgan fingerprint density at radius 2 is 1.96 bits per heavy atom. The first-order chi connectivity index (χ1) is 11.3. The van der Waals surface area contributed by atoms with Gasteiger partial charge in [-0.25, -0.2) is 4.98 Å². The average molecular weight is 374 g/mol. The van der Waals surface area contributed by atoms with Crippen LogP contribution < -0.4 is 5.32 Å². The first kappa shape index (κ1) is 16.6. The number of halogens is 5. The zero-order valence-electron chi connectivity index (χ0n) is 11.7. The van der Waals surface area contributed by atoms with Gasteiger partial charge in [0.15, 0.2) is 11.3 Å². The number of imidazole rings is 1. The maximum absolute atomic E-state index is 12.8. The lowest BCUT2D eigenvalue weighted by Crippen LogP contribution is -2.13. The Hall–Kier alpha value is -2.25. The van der Waals surface area contributed by atoms with Crippen LogP contribution in [0.1, 0.15) is 16.1 Å². The van der Waals surface area contributed by atoms with Crippen LogP contribution in [-0.4, -0.2) is 15.3 Å². The van der Waals surface area contributed by atoms with E-state index in [0.29, 0.717) is 5.02 Å². The van der Waals surface area contributed by atoms with Crippen molar-refractivity contribution >= 4 is 40.4 Å². The highest BCUT2D eigenvalue weighted by Gasteiger charge is 2.34. The van der Waals surface area contributed by atoms with Crippen LogP contribution in [0.2, 0.25) is 10.0 Å². The summed E-state index contributed by atoms with van der Waals surface area (Å²) in [6.07, 6.45) is -2.32. The molecule has 0 aliphatic carbocycles. The molecule has 1 N–H and O–H groups in total. The third kappa shape index (κ3) is 3.18. The van der Waals surface area contributed by atoms with E-state index < -0.39 is 17.8 Å². The number of nitrogens with zero attached hydrogens (tertiary/aromatic N) is 2. The Bertz CT molecular complexity index is 937. The van der Waals surface area contributed by atoms with Gasteiger partial charge in [0, 0.05) is 17.4 Å². The Balaban J connectivity index is 1.98. The van der Waals surface area contributed by atoms with Crippen molar-refractivity contribution in [1.82, 2.24) is 9.38 Å². The van der Waals surface area contributed by atoms with Gasteiger partial charge in [0.2, 0.25) is 0 Å². The second kappa shape index (κ2) is 5.99. The van der Waals surface area contributed by atoms with Gasteiger partial charge in [0.1, 0.15) is 0 Å². The van der Waals surface area contributed by atoms with Crippen LogP contribution in [0.25, 0.3) is 5.65 Å². The molecule has 9 heteroatoms. The molecule has 0 aliphatic heterocycles. The van der Waals surface area contributed by atoms with E-state index >= 15 is 0 Å². The predicted octanol–water partition coefficient (Wildman–Crippen LogP) is 4.91. The molecule has 24 heavy (non-hydrogen) atoms. The molecule has 0 spiro atoms. The number of aromatic nitrogens is 2. The Labute approximate surface area is 143 Å². The van der Waals surface area contributed by atoms with Gasteiger partial charge in [-0.3, -0.25) is 4.79 Å². The first-order valence-corrected chi connectivity index (χ1v) is 7.32. The Morgan fingerprint density at radius 1 is 1.21 bits per heavy atom. The molecule has 3 rings (SSSR count). The standard InChI is InChI=1S/C15H8Cl2F3N3O/c16-8-3-4-9(10(17)6-8)14(24)21-11-2-1-5-23-7-12(15(18,19)20)22-13(11)23/h1-7H,(H,21,24). The quantitative estimate of drug-likeness (QED) is 0.693. The van der Waals surface area contributed by atoms with Crippen LogP contribution in [0.3, 0.4) is 0 Å². The molecule has 1 aromatic carbocycles. The smallest absolute Gasteiger partial charge is 0.319 e. The predicted molar refractivity (Wildman–Crippen MR) is 84.6 cm³/mol. The zero-order chi connectivity index (χ0) is 17.5. The number of hydrogen-bond acceptors (Lipinski definition) is 2. The van der Waals surface area contributed by atoms with Gasteiger partial charge in [-0.15, -0.1) is 0 Å². The number of carbonyl (C=O) groups is 1. The fourth-order valence-electron chi connectivity index (χ4n) is 2.11. The summed E-state index contributed by atoms with van der Waals surface area (Å²) < 4.78 is 39.5. The molecule has 0 saturated carbocycles. The van der Waals surface area contributed by atoms with Gasteiger partial charge >= 0.3 is 6.18 Å². The molecule has 1 amide bonds. The summed E-state index contributed by atoms with van der Waals surface area (Å²) in [5.74, 6) is -0.582. The topological polar surface area (TPSA) is 46.4 Å². The molecule has 2 aromatic heterocycles. The van der Waals surface area contributed by atoms with Crippen molar-refractivity contribution in [2.24, 2.45) is 0 Å². The summed E-state index contributed by atoms with van der Waals surface area (Å²) in [5.41, 5.74) is -0.799. The van der Waals surface area contributed by atoms with Crippen LogP contribution >= 0.6 is 23.2 Å². The number of alkyl halides is 3. The number of fused-ring (bicyclic) bond motifs is 1. The molecule has 0 unspecified atom stereocenters. The highest BCUT2D eigenvalue weighted by Crippen LogP contribution is 2.30. The summed E-state index contributed by atoms with van der Waals surface area (Å²) in [5, 5.41) is 3.00. The van der Waals surface area contributed by atoms with Crippen LogP contribution in [0.5, 0.6) is 0 Å². The maximum Gasteiger partial charge on any atom is 0.434 e. The fourth-order valence-corrected chi connectivity index (χ4v) is 2.60. The van der Waals surface area contributed by atoms with E-state index in [2.05, 4.69) is 10.3 Å². The van der Waals surface area contributed by atoms with Gasteiger partial charge in [-0.05, 0) is 30.3 Å². The number of carbonyl (C=O) groups excluding carboxylic acids is 1. The average Bonchev–Trinajstić information content (AvgIpc) is 2.92. The molecule has 0 bridgehead atoms. The number of amides is 1. The van der Waals surface area contributed by atoms with Crippen molar-refractivity contribution in [3.05, 3.63) is 64.0 Å². The summed E-state index contributed by atoms with van der Waals surface area (Å²) in [4.78, 5) is 15.8. The molecule has 0 atom stereocenters. The second-order valence-electron chi connectivity index (χ2n) is 4.85. The monoisotopic (exact) mass is 373 g/mol. The number of anilines is 1. The summed E-state index contributed by atoms with van der Waals surface area (Å²) in [6.45, 7) is 0. The van der Waals surface area contributed by atoms with Crippen molar-refractivity contribution < 1.29 is 18.0 Å². The number of pyridine rings is 1. The van der Waals surface area contributed by atoms with Crippen LogP contribution in [-0.2, 0) is 6.18 Å². The number of nitrogens with one attached hydrogen (secondary N) is 1. The number of benzene rings is 1. The number of hydrogen-bond donors (Lipinski definition) is 1.